The molecule has 0 saturated heterocycles. The van der Waals surface area contributed by atoms with Gasteiger partial charge in [-0.3, -0.25) is 9.59 Å². The smallest absolute Gasteiger partial charge is 0.327 e. The lowest BCUT2D eigenvalue weighted by Gasteiger charge is -2.22. The Morgan fingerprint density at radius 3 is 2.00 bits per heavy atom. The van der Waals surface area contributed by atoms with Crippen LogP contribution in [0.4, 0.5) is 0 Å². The third kappa shape index (κ3) is 3.55. The zero-order valence-electron chi connectivity index (χ0n) is 10.1. The largest absolute Gasteiger partial charge is 0.468 e. The normalized spacial score (nSPS) is 11.7. The molecule has 0 rings (SSSR count). The van der Waals surface area contributed by atoms with Gasteiger partial charge in [0.25, 0.3) is 0 Å². The maximum Gasteiger partial charge on any atom is 0.327 e. The maximum atomic E-state index is 11.7. The average molecular weight is 240 g/mol. The number of ether oxygens (including phenoxy) is 2. The van der Waals surface area contributed by atoms with E-state index < -0.39 is 17.4 Å². The lowest BCUT2D eigenvalue weighted by molar-refractivity contribution is -0.166. The van der Waals surface area contributed by atoms with Gasteiger partial charge in [-0.15, -0.1) is 0 Å². The van der Waals surface area contributed by atoms with Crippen LogP contribution in [-0.2, 0) is 23.9 Å². The van der Waals surface area contributed by atoms with Crippen LogP contribution in [0.15, 0.2) is 24.3 Å². The van der Waals surface area contributed by atoms with E-state index in [2.05, 4.69) is 9.47 Å². The second kappa shape index (κ2) is 7.38. The second-order valence-corrected chi connectivity index (χ2v) is 3.21. The molecule has 0 N–H and O–H groups in total. The van der Waals surface area contributed by atoms with Crippen LogP contribution in [0.25, 0.3) is 0 Å². The number of methoxy groups -OCH3 is 2. The fraction of sp³-hybridized carbons (Fsp3) is 0.417. The first-order valence-corrected chi connectivity index (χ1v) is 5.00. The van der Waals surface area contributed by atoms with E-state index in [1.165, 1.54) is 12.2 Å². The zero-order chi connectivity index (χ0) is 13.3. The van der Waals surface area contributed by atoms with Crippen molar-refractivity contribution in [2.24, 2.45) is 5.41 Å². The van der Waals surface area contributed by atoms with Gasteiger partial charge in [-0.25, -0.2) is 0 Å². The molecule has 0 aromatic carbocycles. The standard InChI is InChI=1S/C12H16O5/c1-4-5-6-7-12(8-9-13,10(14)16-2)11(15)17-3/h4-7,9H,8H2,1-3H3/b5-4+,7-6+. The molecule has 0 aliphatic rings. The molecule has 0 aromatic heterocycles. The third-order valence-corrected chi connectivity index (χ3v) is 2.19. The van der Waals surface area contributed by atoms with Crippen LogP contribution in [0.2, 0.25) is 0 Å². The van der Waals surface area contributed by atoms with E-state index in [0.717, 1.165) is 14.2 Å². The minimum Gasteiger partial charge on any atom is -0.468 e. The minimum absolute atomic E-state index is 0.319. The molecule has 0 aromatic rings. The summed E-state index contributed by atoms with van der Waals surface area (Å²) in [5.41, 5.74) is -1.70. The molecular formula is C12H16O5. The van der Waals surface area contributed by atoms with Crippen molar-refractivity contribution < 1.29 is 23.9 Å². The van der Waals surface area contributed by atoms with Gasteiger partial charge in [-0.1, -0.05) is 24.3 Å². The Kier molecular flexibility index (Phi) is 6.55. The Morgan fingerprint density at radius 2 is 1.65 bits per heavy atom. The van der Waals surface area contributed by atoms with Crippen molar-refractivity contribution in [3.8, 4) is 0 Å². The number of rotatable bonds is 6. The topological polar surface area (TPSA) is 69.7 Å². The molecule has 0 amide bonds. The summed E-state index contributed by atoms with van der Waals surface area (Å²) in [5, 5.41) is 0. The summed E-state index contributed by atoms with van der Waals surface area (Å²) in [4.78, 5) is 33.9. The predicted molar refractivity (Wildman–Crippen MR) is 61.1 cm³/mol. The molecule has 0 spiro atoms. The number of esters is 2. The minimum atomic E-state index is -1.70. The maximum absolute atomic E-state index is 11.7. The van der Waals surface area contributed by atoms with Crippen molar-refractivity contribution in [1.29, 1.82) is 0 Å². The van der Waals surface area contributed by atoms with E-state index in [0.29, 0.717) is 6.29 Å². The van der Waals surface area contributed by atoms with Gasteiger partial charge in [0.05, 0.1) is 14.2 Å². The predicted octanol–water partition coefficient (Wildman–Crippen LogP) is 1.04. The molecule has 5 nitrogen and oxygen atoms in total. The SMILES string of the molecule is C/C=C/C=C/C(CC=O)(C(=O)OC)C(=O)OC. The third-order valence-electron chi connectivity index (χ3n) is 2.19. The molecule has 0 aliphatic carbocycles. The molecule has 94 valence electrons. The zero-order valence-corrected chi connectivity index (χ0v) is 10.1. The van der Waals surface area contributed by atoms with Crippen LogP contribution < -0.4 is 0 Å². The number of carbonyl (C=O) groups is 3. The number of aldehydes is 1. The van der Waals surface area contributed by atoms with Crippen molar-refractivity contribution in [2.75, 3.05) is 14.2 Å². The molecule has 0 unspecified atom stereocenters. The summed E-state index contributed by atoms with van der Waals surface area (Å²) in [5.74, 6) is -1.64. The summed E-state index contributed by atoms with van der Waals surface area (Å²) in [6.45, 7) is 1.78. The van der Waals surface area contributed by atoms with Gasteiger partial charge in [0, 0.05) is 6.42 Å². The monoisotopic (exact) mass is 240 g/mol. The van der Waals surface area contributed by atoms with Crippen LogP contribution in [0.3, 0.4) is 0 Å². The van der Waals surface area contributed by atoms with Crippen molar-refractivity contribution >= 4 is 18.2 Å². The van der Waals surface area contributed by atoms with Crippen LogP contribution in [-0.4, -0.2) is 32.4 Å². The molecule has 0 fully saturated rings. The molecule has 0 radical (unpaired) electrons. The number of hydrogen-bond acceptors (Lipinski definition) is 5. The fourth-order valence-corrected chi connectivity index (χ4v) is 1.28. The first-order valence-electron chi connectivity index (χ1n) is 5.00. The van der Waals surface area contributed by atoms with Crippen molar-refractivity contribution in [2.45, 2.75) is 13.3 Å². The Balaban J connectivity index is 5.45. The quantitative estimate of drug-likeness (QED) is 0.300. The van der Waals surface area contributed by atoms with Gasteiger partial charge in [0.15, 0.2) is 5.41 Å². The van der Waals surface area contributed by atoms with Gasteiger partial charge in [0.1, 0.15) is 6.29 Å². The van der Waals surface area contributed by atoms with Gasteiger partial charge in [0.2, 0.25) is 0 Å². The van der Waals surface area contributed by atoms with E-state index >= 15 is 0 Å². The van der Waals surface area contributed by atoms with Crippen LogP contribution in [0, 0.1) is 5.41 Å². The summed E-state index contributed by atoms with van der Waals surface area (Å²) < 4.78 is 9.10. The highest BCUT2D eigenvalue weighted by atomic mass is 16.5. The van der Waals surface area contributed by atoms with E-state index in [4.69, 9.17) is 0 Å². The Morgan fingerprint density at radius 1 is 1.12 bits per heavy atom. The number of carbonyl (C=O) groups excluding carboxylic acids is 3. The summed E-state index contributed by atoms with van der Waals surface area (Å²) in [6, 6.07) is 0. The van der Waals surface area contributed by atoms with Gasteiger partial charge in [-0.2, -0.15) is 0 Å². The van der Waals surface area contributed by atoms with Crippen LogP contribution >= 0.6 is 0 Å². The fourth-order valence-electron chi connectivity index (χ4n) is 1.28. The highest BCUT2D eigenvalue weighted by Gasteiger charge is 2.45. The van der Waals surface area contributed by atoms with Crippen molar-refractivity contribution in [3.63, 3.8) is 0 Å². The molecule has 0 atom stereocenters. The second-order valence-electron chi connectivity index (χ2n) is 3.21. The summed E-state index contributed by atoms with van der Waals surface area (Å²) >= 11 is 0. The first kappa shape index (κ1) is 15.1. The Hall–Kier alpha value is -1.91. The van der Waals surface area contributed by atoms with E-state index in [9.17, 15) is 14.4 Å². The number of allylic oxidation sites excluding steroid dienone is 3. The average Bonchev–Trinajstić information content (AvgIpc) is 2.35. The number of hydrogen-bond donors (Lipinski definition) is 0. The highest BCUT2D eigenvalue weighted by molar-refractivity contribution is 6.04. The molecular weight excluding hydrogens is 224 g/mol. The molecule has 0 heterocycles. The van der Waals surface area contributed by atoms with Crippen LogP contribution in [0.1, 0.15) is 13.3 Å². The van der Waals surface area contributed by atoms with Crippen LogP contribution in [0.5, 0.6) is 0 Å². The molecule has 5 heteroatoms. The highest BCUT2D eigenvalue weighted by Crippen LogP contribution is 2.27. The molecule has 0 saturated carbocycles. The summed E-state index contributed by atoms with van der Waals surface area (Å²) in [6.07, 6.45) is 6.31. The van der Waals surface area contributed by atoms with E-state index in [-0.39, 0.29) is 6.42 Å². The van der Waals surface area contributed by atoms with Gasteiger partial charge in [-0.05, 0) is 6.92 Å². The molecule has 0 bridgehead atoms. The Labute approximate surface area is 100 Å². The first-order chi connectivity index (χ1) is 8.08. The van der Waals surface area contributed by atoms with E-state index in [1.807, 2.05) is 0 Å². The molecule has 0 aliphatic heterocycles. The van der Waals surface area contributed by atoms with Gasteiger partial charge >= 0.3 is 11.9 Å². The lowest BCUT2D eigenvalue weighted by atomic mass is 9.84. The molecule has 17 heavy (non-hydrogen) atoms. The lowest BCUT2D eigenvalue weighted by Crippen LogP contribution is -2.40. The van der Waals surface area contributed by atoms with Crippen molar-refractivity contribution in [3.05, 3.63) is 24.3 Å². The summed E-state index contributed by atoms with van der Waals surface area (Å²) in [7, 11) is 2.29. The van der Waals surface area contributed by atoms with E-state index in [1.54, 1.807) is 19.1 Å². The van der Waals surface area contributed by atoms with Gasteiger partial charge < -0.3 is 14.3 Å². The van der Waals surface area contributed by atoms with Crippen molar-refractivity contribution in [1.82, 2.24) is 0 Å². The Bertz CT molecular complexity index is 325.